The molecule has 1 atom stereocenters. The van der Waals surface area contributed by atoms with Gasteiger partial charge in [-0.3, -0.25) is 4.98 Å². The molecule has 0 fully saturated rings. The number of nitrogens with one attached hydrogen (secondary N) is 1. The number of aromatic nitrogens is 1. The molecule has 1 N–H and O–H groups in total. The summed E-state index contributed by atoms with van der Waals surface area (Å²) in [5.74, 6) is 0.567. The van der Waals surface area contributed by atoms with Gasteiger partial charge < -0.3 is 5.32 Å². The van der Waals surface area contributed by atoms with Crippen LogP contribution in [0.25, 0.3) is 0 Å². The summed E-state index contributed by atoms with van der Waals surface area (Å²) in [5, 5.41) is 3.58. The first kappa shape index (κ1) is 15.7. The van der Waals surface area contributed by atoms with Gasteiger partial charge in [-0.1, -0.05) is 58.0 Å². The van der Waals surface area contributed by atoms with Gasteiger partial charge in [0.15, 0.2) is 0 Å². The Morgan fingerprint density at radius 3 is 2.24 bits per heavy atom. The van der Waals surface area contributed by atoms with E-state index in [2.05, 4.69) is 68.3 Å². The van der Waals surface area contributed by atoms with Crippen LogP contribution in [0, 0.1) is 0 Å². The van der Waals surface area contributed by atoms with E-state index in [1.807, 2.05) is 12.3 Å². The Balaban J connectivity index is 2.38. The molecular weight excluding hydrogens is 256 g/mol. The third-order valence-corrected chi connectivity index (χ3v) is 3.93. The van der Waals surface area contributed by atoms with Crippen LogP contribution in [0.3, 0.4) is 0 Å². The molecule has 0 spiro atoms. The highest BCUT2D eigenvalue weighted by molar-refractivity contribution is 5.35. The Kier molecular flexibility index (Phi) is 5.51. The van der Waals surface area contributed by atoms with Crippen LogP contribution in [0.4, 0.5) is 0 Å². The Morgan fingerprint density at radius 1 is 1.00 bits per heavy atom. The molecule has 0 aliphatic heterocycles. The lowest BCUT2D eigenvalue weighted by atomic mass is 9.95. The lowest BCUT2D eigenvalue weighted by Crippen LogP contribution is -2.24. The van der Waals surface area contributed by atoms with E-state index in [-0.39, 0.29) is 6.04 Å². The summed E-state index contributed by atoms with van der Waals surface area (Å²) in [4.78, 5) is 4.64. The summed E-state index contributed by atoms with van der Waals surface area (Å²) in [5.41, 5.74) is 5.14. The van der Waals surface area contributed by atoms with Gasteiger partial charge in [0.1, 0.15) is 0 Å². The minimum absolute atomic E-state index is 0.173. The number of benzene rings is 1. The fourth-order valence-corrected chi connectivity index (χ4v) is 2.66. The minimum atomic E-state index is 0.173. The second-order valence-electron chi connectivity index (χ2n) is 5.71. The molecular formula is C19H26N2. The van der Waals surface area contributed by atoms with Crippen molar-refractivity contribution >= 4 is 0 Å². The molecule has 0 saturated heterocycles. The van der Waals surface area contributed by atoms with Crippen molar-refractivity contribution in [3.63, 3.8) is 0 Å². The van der Waals surface area contributed by atoms with Gasteiger partial charge in [0.2, 0.25) is 0 Å². The highest BCUT2D eigenvalue weighted by Gasteiger charge is 2.17. The molecule has 2 rings (SSSR count). The number of hydrogen-bond donors (Lipinski definition) is 1. The second kappa shape index (κ2) is 7.37. The number of aryl methyl sites for hydroxylation is 1. The highest BCUT2D eigenvalue weighted by atomic mass is 14.9. The molecule has 1 heterocycles. The van der Waals surface area contributed by atoms with E-state index in [0.29, 0.717) is 5.92 Å². The maximum absolute atomic E-state index is 4.64. The van der Waals surface area contributed by atoms with Gasteiger partial charge in [0.25, 0.3) is 0 Å². The van der Waals surface area contributed by atoms with Gasteiger partial charge in [0, 0.05) is 6.20 Å². The Labute approximate surface area is 128 Å². The summed E-state index contributed by atoms with van der Waals surface area (Å²) < 4.78 is 0. The predicted molar refractivity (Wildman–Crippen MR) is 89.7 cm³/mol. The monoisotopic (exact) mass is 282 g/mol. The highest BCUT2D eigenvalue weighted by Crippen LogP contribution is 2.25. The fourth-order valence-electron chi connectivity index (χ4n) is 2.66. The topological polar surface area (TPSA) is 24.9 Å². The van der Waals surface area contributed by atoms with Crippen LogP contribution in [0.2, 0.25) is 0 Å². The molecule has 0 aliphatic carbocycles. The average molecular weight is 282 g/mol. The second-order valence-corrected chi connectivity index (χ2v) is 5.71. The van der Waals surface area contributed by atoms with Gasteiger partial charge in [-0.2, -0.15) is 0 Å². The van der Waals surface area contributed by atoms with Gasteiger partial charge in [0.05, 0.1) is 11.7 Å². The number of hydrogen-bond acceptors (Lipinski definition) is 2. The van der Waals surface area contributed by atoms with Crippen molar-refractivity contribution in [1.82, 2.24) is 10.3 Å². The first-order valence-electron chi connectivity index (χ1n) is 7.94. The van der Waals surface area contributed by atoms with E-state index in [1.54, 1.807) is 0 Å². The zero-order chi connectivity index (χ0) is 15.2. The van der Waals surface area contributed by atoms with Gasteiger partial charge in [-0.25, -0.2) is 0 Å². The normalized spacial score (nSPS) is 12.6. The standard InChI is InChI=1S/C19H26N2/c1-5-15-8-7-13-21-18(15)19(20-6-2)17-11-9-16(10-12-17)14(3)4/h7-14,19-20H,5-6H2,1-4H3. The molecule has 1 aromatic carbocycles. The molecule has 0 saturated carbocycles. The van der Waals surface area contributed by atoms with E-state index in [9.17, 15) is 0 Å². The Hall–Kier alpha value is -1.67. The summed E-state index contributed by atoms with van der Waals surface area (Å²) in [6, 6.07) is 13.3. The Morgan fingerprint density at radius 2 is 1.67 bits per heavy atom. The van der Waals surface area contributed by atoms with Crippen LogP contribution in [0.5, 0.6) is 0 Å². The first-order valence-corrected chi connectivity index (χ1v) is 7.94. The van der Waals surface area contributed by atoms with Crippen molar-refractivity contribution in [3.8, 4) is 0 Å². The zero-order valence-electron chi connectivity index (χ0n) is 13.6. The zero-order valence-corrected chi connectivity index (χ0v) is 13.6. The summed E-state index contributed by atoms with van der Waals surface area (Å²) in [6.45, 7) is 9.71. The fraction of sp³-hybridized carbons (Fsp3) is 0.421. The maximum atomic E-state index is 4.64. The maximum Gasteiger partial charge on any atom is 0.0754 e. The van der Waals surface area contributed by atoms with E-state index in [1.165, 1.54) is 16.7 Å². The Bertz CT molecular complexity index is 558. The molecule has 2 nitrogen and oxygen atoms in total. The van der Waals surface area contributed by atoms with Crippen molar-refractivity contribution in [3.05, 3.63) is 65.0 Å². The molecule has 0 amide bonds. The molecule has 1 aromatic heterocycles. The van der Waals surface area contributed by atoms with E-state index in [0.717, 1.165) is 18.7 Å². The SMILES string of the molecule is CCNC(c1ccc(C(C)C)cc1)c1ncccc1CC. The molecule has 0 bridgehead atoms. The molecule has 2 heteroatoms. The minimum Gasteiger partial charge on any atom is -0.305 e. The van der Waals surface area contributed by atoms with Crippen molar-refractivity contribution in [2.75, 3.05) is 6.54 Å². The molecule has 0 aliphatic rings. The van der Waals surface area contributed by atoms with Crippen LogP contribution in [-0.2, 0) is 6.42 Å². The van der Waals surface area contributed by atoms with Crippen molar-refractivity contribution in [2.24, 2.45) is 0 Å². The molecule has 112 valence electrons. The van der Waals surface area contributed by atoms with Gasteiger partial charge >= 0.3 is 0 Å². The van der Waals surface area contributed by atoms with Crippen molar-refractivity contribution < 1.29 is 0 Å². The third-order valence-electron chi connectivity index (χ3n) is 3.93. The average Bonchev–Trinajstić information content (AvgIpc) is 2.52. The van der Waals surface area contributed by atoms with Gasteiger partial charge in [-0.05, 0) is 41.6 Å². The molecule has 0 radical (unpaired) electrons. The lowest BCUT2D eigenvalue weighted by molar-refractivity contribution is 0.609. The van der Waals surface area contributed by atoms with Crippen LogP contribution >= 0.6 is 0 Å². The van der Waals surface area contributed by atoms with E-state index >= 15 is 0 Å². The summed E-state index contributed by atoms with van der Waals surface area (Å²) >= 11 is 0. The smallest absolute Gasteiger partial charge is 0.0754 e. The summed E-state index contributed by atoms with van der Waals surface area (Å²) in [6.07, 6.45) is 2.90. The molecule has 21 heavy (non-hydrogen) atoms. The number of nitrogens with zero attached hydrogens (tertiary/aromatic N) is 1. The van der Waals surface area contributed by atoms with Gasteiger partial charge in [-0.15, -0.1) is 0 Å². The summed E-state index contributed by atoms with van der Waals surface area (Å²) in [7, 11) is 0. The number of pyridine rings is 1. The first-order chi connectivity index (χ1) is 10.2. The third kappa shape index (κ3) is 3.70. The molecule has 2 aromatic rings. The van der Waals surface area contributed by atoms with Crippen LogP contribution < -0.4 is 5.32 Å². The lowest BCUT2D eigenvalue weighted by Gasteiger charge is -2.21. The van der Waals surface area contributed by atoms with E-state index < -0.39 is 0 Å². The predicted octanol–water partition coefficient (Wildman–Crippen LogP) is 4.47. The van der Waals surface area contributed by atoms with Crippen molar-refractivity contribution in [1.29, 1.82) is 0 Å². The van der Waals surface area contributed by atoms with Crippen molar-refractivity contribution in [2.45, 2.75) is 46.1 Å². The van der Waals surface area contributed by atoms with E-state index in [4.69, 9.17) is 0 Å². The van der Waals surface area contributed by atoms with Crippen LogP contribution in [0.15, 0.2) is 42.6 Å². The largest absolute Gasteiger partial charge is 0.305 e. The molecule has 1 unspecified atom stereocenters. The van der Waals surface area contributed by atoms with Crippen LogP contribution in [-0.4, -0.2) is 11.5 Å². The number of rotatable bonds is 6. The van der Waals surface area contributed by atoms with Crippen LogP contribution in [0.1, 0.15) is 62.0 Å². The quantitative estimate of drug-likeness (QED) is 0.845.